The van der Waals surface area contributed by atoms with Crippen molar-refractivity contribution in [1.29, 1.82) is 0 Å². The van der Waals surface area contributed by atoms with Gasteiger partial charge in [-0.05, 0) is 69.7 Å². The van der Waals surface area contributed by atoms with E-state index >= 15 is 0 Å². The number of methoxy groups -OCH3 is 1. The zero-order valence-electron chi connectivity index (χ0n) is 16.9. The number of amides is 3. The highest BCUT2D eigenvalue weighted by molar-refractivity contribution is 6.09. The van der Waals surface area contributed by atoms with Gasteiger partial charge in [0.05, 0.1) is 7.11 Å². The minimum absolute atomic E-state index is 0.125. The first-order valence-electron chi connectivity index (χ1n) is 9.79. The molecule has 3 rings (SSSR count). The molecule has 2 atom stereocenters. The number of benzene rings is 1. The normalized spacial score (nSPS) is 24.1. The van der Waals surface area contributed by atoms with Crippen LogP contribution >= 0.6 is 0 Å². The van der Waals surface area contributed by atoms with E-state index in [1.54, 1.807) is 26.2 Å². The van der Waals surface area contributed by atoms with Gasteiger partial charge >= 0.3 is 12.0 Å². The molecular formula is C21H28N2O5. The largest absolute Gasteiger partial charge is 0.496 e. The molecule has 0 radical (unpaired) electrons. The zero-order valence-corrected chi connectivity index (χ0v) is 16.9. The molecule has 2 unspecified atom stereocenters. The first-order valence-corrected chi connectivity index (χ1v) is 9.79. The first-order chi connectivity index (χ1) is 13.3. The van der Waals surface area contributed by atoms with Crippen molar-refractivity contribution in [3.05, 3.63) is 29.3 Å². The lowest BCUT2D eigenvalue weighted by Gasteiger charge is -2.27. The van der Waals surface area contributed by atoms with Gasteiger partial charge in [-0.1, -0.05) is 12.5 Å². The molecule has 1 aliphatic carbocycles. The number of aryl methyl sites for hydroxylation is 1. The van der Waals surface area contributed by atoms with E-state index in [0.29, 0.717) is 11.3 Å². The Labute approximate surface area is 165 Å². The summed E-state index contributed by atoms with van der Waals surface area (Å²) < 4.78 is 10.8. The van der Waals surface area contributed by atoms with Gasteiger partial charge in [-0.2, -0.15) is 0 Å². The van der Waals surface area contributed by atoms with Crippen molar-refractivity contribution >= 4 is 17.9 Å². The molecule has 1 aromatic rings. The number of esters is 1. The summed E-state index contributed by atoms with van der Waals surface area (Å²) >= 11 is 0. The van der Waals surface area contributed by atoms with E-state index in [9.17, 15) is 14.4 Å². The SMILES string of the molecule is COc1ccc(C2(C)NC(=O)N(C(C)C(=O)OC3CCCCC3)C2=O)cc1C. The number of carbonyl (C=O) groups excluding carboxylic acids is 3. The van der Waals surface area contributed by atoms with Crippen molar-refractivity contribution in [1.82, 2.24) is 10.2 Å². The highest BCUT2D eigenvalue weighted by Gasteiger charge is 2.52. The highest BCUT2D eigenvalue weighted by Crippen LogP contribution is 2.33. The molecule has 0 bridgehead atoms. The van der Waals surface area contributed by atoms with E-state index in [-0.39, 0.29) is 6.10 Å². The van der Waals surface area contributed by atoms with Crippen LogP contribution in [-0.4, -0.2) is 42.1 Å². The molecular weight excluding hydrogens is 360 g/mol. The number of urea groups is 1. The van der Waals surface area contributed by atoms with Crippen LogP contribution in [-0.2, 0) is 19.9 Å². The van der Waals surface area contributed by atoms with Crippen molar-refractivity contribution in [2.45, 2.75) is 70.6 Å². The maximum atomic E-state index is 13.1. The number of nitrogens with zero attached hydrogens (tertiary/aromatic N) is 1. The Balaban J connectivity index is 1.78. The molecule has 7 heteroatoms. The summed E-state index contributed by atoms with van der Waals surface area (Å²) in [6, 6.07) is 3.76. The predicted molar refractivity (Wildman–Crippen MR) is 103 cm³/mol. The molecule has 28 heavy (non-hydrogen) atoms. The number of hydrogen-bond acceptors (Lipinski definition) is 5. The molecule has 7 nitrogen and oxygen atoms in total. The molecule has 2 fully saturated rings. The van der Waals surface area contributed by atoms with Crippen LogP contribution < -0.4 is 10.1 Å². The van der Waals surface area contributed by atoms with Gasteiger partial charge in [-0.15, -0.1) is 0 Å². The zero-order chi connectivity index (χ0) is 20.5. The van der Waals surface area contributed by atoms with Crippen molar-refractivity contribution in [3.63, 3.8) is 0 Å². The van der Waals surface area contributed by atoms with E-state index in [1.807, 2.05) is 13.0 Å². The Kier molecular flexibility index (Phi) is 5.63. The van der Waals surface area contributed by atoms with Gasteiger partial charge in [0.15, 0.2) is 0 Å². The Morgan fingerprint density at radius 2 is 1.93 bits per heavy atom. The second-order valence-corrected chi connectivity index (χ2v) is 7.79. The number of ether oxygens (including phenoxy) is 2. The fraction of sp³-hybridized carbons (Fsp3) is 0.571. The molecule has 0 aromatic heterocycles. The molecule has 2 aliphatic rings. The Morgan fingerprint density at radius 1 is 1.25 bits per heavy atom. The van der Waals surface area contributed by atoms with Gasteiger partial charge in [0.1, 0.15) is 23.4 Å². The predicted octanol–water partition coefficient (Wildman–Crippen LogP) is 3.04. The van der Waals surface area contributed by atoms with Crippen molar-refractivity contribution < 1.29 is 23.9 Å². The van der Waals surface area contributed by atoms with E-state index < -0.39 is 29.5 Å². The number of nitrogens with one attached hydrogen (secondary N) is 1. The van der Waals surface area contributed by atoms with Crippen LogP contribution in [0.1, 0.15) is 57.1 Å². The van der Waals surface area contributed by atoms with Crippen LogP contribution in [0.25, 0.3) is 0 Å². The van der Waals surface area contributed by atoms with Crippen LogP contribution in [0.15, 0.2) is 18.2 Å². The number of hydrogen-bond donors (Lipinski definition) is 1. The summed E-state index contributed by atoms with van der Waals surface area (Å²) in [6.45, 7) is 5.05. The Hall–Kier alpha value is -2.57. The lowest BCUT2D eigenvalue weighted by atomic mass is 9.90. The second kappa shape index (κ2) is 7.81. The van der Waals surface area contributed by atoms with Gasteiger partial charge in [0.25, 0.3) is 5.91 Å². The fourth-order valence-electron chi connectivity index (χ4n) is 3.95. The second-order valence-electron chi connectivity index (χ2n) is 7.79. The molecule has 152 valence electrons. The molecule has 0 spiro atoms. The van der Waals surface area contributed by atoms with Crippen LogP contribution in [0.4, 0.5) is 4.79 Å². The Bertz CT molecular complexity index is 787. The monoisotopic (exact) mass is 388 g/mol. The number of carbonyl (C=O) groups is 3. The van der Waals surface area contributed by atoms with Gasteiger partial charge in [0.2, 0.25) is 0 Å². The Morgan fingerprint density at radius 3 is 2.54 bits per heavy atom. The van der Waals surface area contributed by atoms with Gasteiger partial charge < -0.3 is 14.8 Å². The van der Waals surface area contributed by atoms with Gasteiger partial charge in [-0.25, -0.2) is 14.5 Å². The molecule has 1 saturated heterocycles. The van der Waals surface area contributed by atoms with E-state index in [0.717, 1.165) is 42.6 Å². The standard InChI is InChI=1S/C21H28N2O5/c1-13-12-15(10-11-17(13)27-4)21(3)19(25)23(20(26)22-21)14(2)18(24)28-16-8-6-5-7-9-16/h10-12,14,16H,5-9H2,1-4H3,(H,22,26). The van der Waals surface area contributed by atoms with Crippen molar-refractivity contribution in [3.8, 4) is 5.75 Å². The average molecular weight is 388 g/mol. The maximum Gasteiger partial charge on any atom is 0.329 e. The highest BCUT2D eigenvalue weighted by atomic mass is 16.5. The minimum atomic E-state index is -1.24. The average Bonchev–Trinajstić information content (AvgIpc) is 2.91. The van der Waals surface area contributed by atoms with E-state index in [2.05, 4.69) is 5.32 Å². The summed E-state index contributed by atoms with van der Waals surface area (Å²) in [4.78, 5) is 39.3. The summed E-state index contributed by atoms with van der Waals surface area (Å²) in [5, 5.41) is 2.74. The molecule has 1 aliphatic heterocycles. The summed E-state index contributed by atoms with van der Waals surface area (Å²) in [5.41, 5.74) is 0.249. The number of rotatable bonds is 5. The quantitative estimate of drug-likeness (QED) is 0.619. The minimum Gasteiger partial charge on any atom is -0.496 e. The maximum absolute atomic E-state index is 13.1. The summed E-state index contributed by atoms with van der Waals surface area (Å²) in [5.74, 6) is -0.300. The molecule has 1 N–H and O–H groups in total. The molecule has 3 amide bonds. The molecule has 1 heterocycles. The summed E-state index contributed by atoms with van der Waals surface area (Å²) in [6.07, 6.45) is 4.76. The smallest absolute Gasteiger partial charge is 0.329 e. The van der Waals surface area contributed by atoms with Crippen LogP contribution in [0.5, 0.6) is 5.75 Å². The van der Waals surface area contributed by atoms with Gasteiger partial charge in [-0.3, -0.25) is 4.79 Å². The third-order valence-corrected chi connectivity index (χ3v) is 5.76. The van der Waals surface area contributed by atoms with Crippen LogP contribution in [0, 0.1) is 6.92 Å². The van der Waals surface area contributed by atoms with E-state index in [1.165, 1.54) is 6.92 Å². The topological polar surface area (TPSA) is 84.9 Å². The number of imide groups is 1. The van der Waals surface area contributed by atoms with Crippen LogP contribution in [0.2, 0.25) is 0 Å². The van der Waals surface area contributed by atoms with Gasteiger partial charge in [0, 0.05) is 0 Å². The molecule has 1 saturated carbocycles. The van der Waals surface area contributed by atoms with Crippen LogP contribution in [0.3, 0.4) is 0 Å². The third kappa shape index (κ3) is 3.57. The lowest BCUT2D eigenvalue weighted by Crippen LogP contribution is -2.46. The summed E-state index contributed by atoms with van der Waals surface area (Å²) in [7, 11) is 1.58. The third-order valence-electron chi connectivity index (χ3n) is 5.76. The fourth-order valence-corrected chi connectivity index (χ4v) is 3.95. The van der Waals surface area contributed by atoms with E-state index in [4.69, 9.17) is 9.47 Å². The first kappa shape index (κ1) is 20.2. The van der Waals surface area contributed by atoms with Crippen molar-refractivity contribution in [2.24, 2.45) is 0 Å². The van der Waals surface area contributed by atoms with Crippen molar-refractivity contribution in [2.75, 3.05) is 7.11 Å². The lowest BCUT2D eigenvalue weighted by molar-refractivity contribution is -0.158. The molecule has 1 aromatic carbocycles.